The SMILES string of the molecule is CCOC(=O)C(C)OCCc1ccc(-c2ccc(Cl)cc2)cc1. The van der Waals surface area contributed by atoms with Gasteiger partial charge in [-0.05, 0) is 49.1 Å². The minimum atomic E-state index is -0.525. The van der Waals surface area contributed by atoms with Crippen molar-refractivity contribution in [3.63, 3.8) is 0 Å². The van der Waals surface area contributed by atoms with Crippen LogP contribution in [0.25, 0.3) is 11.1 Å². The fraction of sp³-hybridized carbons (Fsp3) is 0.316. The number of carbonyl (C=O) groups is 1. The summed E-state index contributed by atoms with van der Waals surface area (Å²) in [5.74, 6) is -0.314. The summed E-state index contributed by atoms with van der Waals surface area (Å²) in [5.41, 5.74) is 3.44. The lowest BCUT2D eigenvalue weighted by atomic mass is 10.0. The van der Waals surface area contributed by atoms with Crippen LogP contribution in [-0.2, 0) is 20.7 Å². The second kappa shape index (κ2) is 8.70. The number of hydrogen-bond acceptors (Lipinski definition) is 3. The van der Waals surface area contributed by atoms with Crippen LogP contribution >= 0.6 is 11.6 Å². The first-order valence-electron chi connectivity index (χ1n) is 7.73. The first kappa shape index (κ1) is 17.5. The summed E-state index contributed by atoms with van der Waals surface area (Å²) >= 11 is 5.90. The van der Waals surface area contributed by atoms with E-state index in [2.05, 4.69) is 24.3 Å². The fourth-order valence-electron chi connectivity index (χ4n) is 2.19. The van der Waals surface area contributed by atoms with Crippen molar-refractivity contribution in [2.45, 2.75) is 26.4 Å². The number of ether oxygens (including phenoxy) is 2. The Morgan fingerprint density at radius 1 is 1.04 bits per heavy atom. The lowest BCUT2D eigenvalue weighted by molar-refractivity contribution is -0.155. The Morgan fingerprint density at radius 3 is 2.17 bits per heavy atom. The highest BCUT2D eigenvalue weighted by molar-refractivity contribution is 6.30. The van der Waals surface area contributed by atoms with Crippen molar-refractivity contribution in [1.29, 1.82) is 0 Å². The third kappa shape index (κ3) is 5.38. The Hall–Kier alpha value is -1.84. The van der Waals surface area contributed by atoms with Gasteiger partial charge in [0.1, 0.15) is 0 Å². The van der Waals surface area contributed by atoms with E-state index in [0.717, 1.165) is 22.6 Å². The minimum absolute atomic E-state index is 0.314. The molecule has 2 rings (SSSR count). The van der Waals surface area contributed by atoms with Crippen LogP contribution < -0.4 is 0 Å². The van der Waals surface area contributed by atoms with Gasteiger partial charge < -0.3 is 9.47 Å². The van der Waals surface area contributed by atoms with E-state index < -0.39 is 6.10 Å². The molecule has 0 spiro atoms. The molecule has 0 aliphatic rings. The van der Waals surface area contributed by atoms with Crippen molar-refractivity contribution in [2.75, 3.05) is 13.2 Å². The van der Waals surface area contributed by atoms with Gasteiger partial charge in [-0.1, -0.05) is 48.0 Å². The Balaban J connectivity index is 1.85. The number of esters is 1. The third-order valence-electron chi connectivity index (χ3n) is 3.51. The molecule has 0 radical (unpaired) electrons. The summed E-state index contributed by atoms with van der Waals surface area (Å²) in [4.78, 5) is 11.5. The molecule has 0 fully saturated rings. The number of rotatable bonds is 7. The highest BCUT2D eigenvalue weighted by Gasteiger charge is 2.13. The molecule has 2 aromatic carbocycles. The van der Waals surface area contributed by atoms with E-state index in [1.807, 2.05) is 24.3 Å². The number of benzene rings is 2. The Kier molecular flexibility index (Phi) is 6.63. The maximum Gasteiger partial charge on any atom is 0.334 e. The van der Waals surface area contributed by atoms with Crippen molar-refractivity contribution in [2.24, 2.45) is 0 Å². The lowest BCUT2D eigenvalue weighted by Gasteiger charge is -2.12. The first-order chi connectivity index (χ1) is 11.1. The Bertz CT molecular complexity index is 620. The number of hydrogen-bond donors (Lipinski definition) is 0. The minimum Gasteiger partial charge on any atom is -0.464 e. The van der Waals surface area contributed by atoms with Gasteiger partial charge in [0.2, 0.25) is 0 Å². The highest BCUT2D eigenvalue weighted by Crippen LogP contribution is 2.22. The predicted molar refractivity (Wildman–Crippen MR) is 92.6 cm³/mol. The molecule has 0 saturated carbocycles. The second-order valence-corrected chi connectivity index (χ2v) is 5.66. The van der Waals surface area contributed by atoms with E-state index in [9.17, 15) is 4.79 Å². The largest absolute Gasteiger partial charge is 0.464 e. The van der Waals surface area contributed by atoms with Gasteiger partial charge in [-0.15, -0.1) is 0 Å². The molecular formula is C19H21ClO3. The van der Waals surface area contributed by atoms with E-state index in [4.69, 9.17) is 21.1 Å². The van der Waals surface area contributed by atoms with E-state index >= 15 is 0 Å². The molecule has 0 amide bonds. The highest BCUT2D eigenvalue weighted by atomic mass is 35.5. The molecule has 23 heavy (non-hydrogen) atoms. The van der Waals surface area contributed by atoms with Crippen LogP contribution in [0.1, 0.15) is 19.4 Å². The molecule has 0 aliphatic carbocycles. The van der Waals surface area contributed by atoms with E-state index in [1.54, 1.807) is 13.8 Å². The Morgan fingerprint density at radius 2 is 1.61 bits per heavy atom. The average molecular weight is 333 g/mol. The first-order valence-corrected chi connectivity index (χ1v) is 8.11. The van der Waals surface area contributed by atoms with E-state index in [-0.39, 0.29) is 5.97 Å². The van der Waals surface area contributed by atoms with E-state index in [0.29, 0.717) is 13.2 Å². The third-order valence-corrected chi connectivity index (χ3v) is 3.76. The van der Waals surface area contributed by atoms with Gasteiger partial charge in [-0.2, -0.15) is 0 Å². The molecule has 1 unspecified atom stereocenters. The van der Waals surface area contributed by atoms with Gasteiger partial charge in [-0.25, -0.2) is 4.79 Å². The summed E-state index contributed by atoms with van der Waals surface area (Å²) in [7, 11) is 0. The van der Waals surface area contributed by atoms with Crippen molar-refractivity contribution in [1.82, 2.24) is 0 Å². The molecule has 0 saturated heterocycles. The maximum atomic E-state index is 11.5. The second-order valence-electron chi connectivity index (χ2n) is 5.22. The zero-order valence-corrected chi connectivity index (χ0v) is 14.2. The maximum absolute atomic E-state index is 11.5. The molecule has 3 nitrogen and oxygen atoms in total. The molecule has 0 aromatic heterocycles. The van der Waals surface area contributed by atoms with Crippen LogP contribution in [0.2, 0.25) is 5.02 Å². The number of carbonyl (C=O) groups excluding carboxylic acids is 1. The van der Waals surface area contributed by atoms with Crippen LogP contribution in [-0.4, -0.2) is 25.3 Å². The van der Waals surface area contributed by atoms with Gasteiger partial charge >= 0.3 is 5.97 Å². The zero-order chi connectivity index (χ0) is 16.7. The molecule has 0 bridgehead atoms. The summed E-state index contributed by atoms with van der Waals surface area (Å²) in [5, 5.41) is 0.734. The van der Waals surface area contributed by atoms with Crippen molar-refractivity contribution >= 4 is 17.6 Å². The molecular weight excluding hydrogens is 312 g/mol. The van der Waals surface area contributed by atoms with Gasteiger partial charge in [0, 0.05) is 5.02 Å². The van der Waals surface area contributed by atoms with Crippen molar-refractivity contribution < 1.29 is 14.3 Å². The fourth-order valence-corrected chi connectivity index (χ4v) is 2.31. The summed E-state index contributed by atoms with van der Waals surface area (Å²) in [6.45, 7) is 4.35. The molecule has 0 aliphatic heterocycles. The summed E-state index contributed by atoms with van der Waals surface area (Å²) < 4.78 is 10.4. The topological polar surface area (TPSA) is 35.5 Å². The van der Waals surface area contributed by atoms with Gasteiger partial charge in [0.05, 0.1) is 13.2 Å². The van der Waals surface area contributed by atoms with Crippen LogP contribution in [0, 0.1) is 0 Å². The quantitative estimate of drug-likeness (QED) is 0.699. The Labute approximate surface area is 142 Å². The summed E-state index contributed by atoms with van der Waals surface area (Å²) in [6.07, 6.45) is 0.230. The van der Waals surface area contributed by atoms with Crippen LogP contribution in [0.5, 0.6) is 0 Å². The van der Waals surface area contributed by atoms with Gasteiger partial charge in [0.15, 0.2) is 6.10 Å². The average Bonchev–Trinajstić information content (AvgIpc) is 2.56. The normalized spacial score (nSPS) is 12.0. The monoisotopic (exact) mass is 332 g/mol. The van der Waals surface area contributed by atoms with Crippen molar-refractivity contribution in [3.05, 3.63) is 59.1 Å². The zero-order valence-electron chi connectivity index (χ0n) is 13.4. The van der Waals surface area contributed by atoms with Gasteiger partial charge in [0.25, 0.3) is 0 Å². The predicted octanol–water partition coefficient (Wildman–Crippen LogP) is 4.52. The van der Waals surface area contributed by atoms with Gasteiger partial charge in [-0.3, -0.25) is 0 Å². The molecule has 4 heteroatoms. The lowest BCUT2D eigenvalue weighted by Crippen LogP contribution is -2.24. The molecule has 0 N–H and O–H groups in total. The molecule has 2 aromatic rings. The smallest absolute Gasteiger partial charge is 0.334 e. The molecule has 0 heterocycles. The van der Waals surface area contributed by atoms with Crippen LogP contribution in [0.4, 0.5) is 0 Å². The van der Waals surface area contributed by atoms with Crippen LogP contribution in [0.3, 0.4) is 0 Å². The molecule has 122 valence electrons. The van der Waals surface area contributed by atoms with Crippen molar-refractivity contribution in [3.8, 4) is 11.1 Å². The van der Waals surface area contributed by atoms with E-state index in [1.165, 1.54) is 5.56 Å². The summed E-state index contributed by atoms with van der Waals surface area (Å²) in [6, 6.07) is 16.1. The number of halogens is 1. The standard InChI is InChI=1S/C19H21ClO3/c1-3-22-19(21)14(2)23-13-12-15-4-6-16(7-5-15)17-8-10-18(20)11-9-17/h4-11,14H,3,12-13H2,1-2H3. The van der Waals surface area contributed by atoms with Crippen LogP contribution in [0.15, 0.2) is 48.5 Å². The molecule has 1 atom stereocenters.